The summed E-state index contributed by atoms with van der Waals surface area (Å²) in [5.41, 5.74) is -0.645. The second-order valence-electron chi connectivity index (χ2n) is 5.23. The molecular formula is C15H25N3O3. The van der Waals surface area contributed by atoms with Crippen LogP contribution in [0.25, 0.3) is 0 Å². The molecule has 0 radical (unpaired) electrons. The van der Waals surface area contributed by atoms with Gasteiger partial charge in [-0.1, -0.05) is 27.2 Å². The Labute approximate surface area is 125 Å². The standard InChI is InChI=1S/C15H25N3O3/c1-4-7-10-18-13(20)9-8-12(17-18)14(21)16-15(5-2,6-3)11-19/h8-9,19H,4-7,10-11H2,1-3H3,(H,16,21). The highest BCUT2D eigenvalue weighted by atomic mass is 16.3. The zero-order chi connectivity index (χ0) is 15.9. The fourth-order valence-electron chi connectivity index (χ4n) is 2.03. The molecule has 0 saturated carbocycles. The molecule has 0 aromatic carbocycles. The van der Waals surface area contributed by atoms with Gasteiger partial charge in [0.05, 0.1) is 12.1 Å². The van der Waals surface area contributed by atoms with Gasteiger partial charge >= 0.3 is 0 Å². The molecular weight excluding hydrogens is 270 g/mol. The molecule has 6 nitrogen and oxygen atoms in total. The number of nitrogens with zero attached hydrogens (tertiary/aromatic N) is 2. The molecule has 1 aromatic rings. The van der Waals surface area contributed by atoms with Crippen molar-refractivity contribution in [2.24, 2.45) is 0 Å². The molecule has 0 atom stereocenters. The molecule has 118 valence electrons. The highest BCUT2D eigenvalue weighted by molar-refractivity contribution is 5.92. The molecule has 2 N–H and O–H groups in total. The minimum atomic E-state index is -0.636. The normalized spacial score (nSPS) is 11.4. The summed E-state index contributed by atoms with van der Waals surface area (Å²) in [6, 6.07) is 2.78. The van der Waals surface area contributed by atoms with Crippen molar-refractivity contribution in [2.45, 2.75) is 58.5 Å². The number of hydrogen-bond acceptors (Lipinski definition) is 4. The second-order valence-corrected chi connectivity index (χ2v) is 5.23. The maximum atomic E-state index is 12.3. The molecule has 1 amide bonds. The van der Waals surface area contributed by atoms with E-state index in [4.69, 9.17) is 0 Å². The van der Waals surface area contributed by atoms with Gasteiger partial charge in [0.15, 0.2) is 0 Å². The van der Waals surface area contributed by atoms with Gasteiger partial charge in [-0.2, -0.15) is 5.10 Å². The summed E-state index contributed by atoms with van der Waals surface area (Å²) in [6.07, 6.45) is 3.04. The number of rotatable bonds is 8. The Kier molecular flexibility index (Phi) is 6.55. The Morgan fingerprint density at radius 3 is 2.52 bits per heavy atom. The summed E-state index contributed by atoms with van der Waals surface area (Å²) < 4.78 is 1.32. The van der Waals surface area contributed by atoms with Gasteiger partial charge < -0.3 is 10.4 Å². The molecule has 1 rings (SSSR count). The summed E-state index contributed by atoms with van der Waals surface area (Å²) >= 11 is 0. The third kappa shape index (κ3) is 4.39. The SMILES string of the molecule is CCCCn1nc(C(=O)NC(CC)(CC)CO)ccc1=O. The topological polar surface area (TPSA) is 84.2 Å². The second kappa shape index (κ2) is 7.93. The van der Waals surface area contributed by atoms with Crippen LogP contribution in [0.2, 0.25) is 0 Å². The van der Waals surface area contributed by atoms with Gasteiger partial charge in [-0.15, -0.1) is 0 Å². The lowest BCUT2D eigenvalue weighted by molar-refractivity contribution is 0.0810. The number of nitrogens with one attached hydrogen (secondary N) is 1. The van der Waals surface area contributed by atoms with Crippen LogP contribution in [0.4, 0.5) is 0 Å². The first-order chi connectivity index (χ1) is 10.0. The van der Waals surface area contributed by atoms with E-state index >= 15 is 0 Å². The van der Waals surface area contributed by atoms with Crippen LogP contribution in [0.1, 0.15) is 56.9 Å². The summed E-state index contributed by atoms with van der Waals surface area (Å²) in [7, 11) is 0. The zero-order valence-electron chi connectivity index (χ0n) is 13.1. The van der Waals surface area contributed by atoms with Gasteiger partial charge in [-0.25, -0.2) is 4.68 Å². The quantitative estimate of drug-likeness (QED) is 0.757. The molecule has 1 aromatic heterocycles. The lowest BCUT2D eigenvalue weighted by Gasteiger charge is -2.30. The van der Waals surface area contributed by atoms with Gasteiger partial charge in [0.25, 0.3) is 11.5 Å². The predicted molar refractivity (Wildman–Crippen MR) is 81.3 cm³/mol. The third-order valence-corrected chi connectivity index (χ3v) is 3.86. The molecule has 0 aliphatic heterocycles. The van der Waals surface area contributed by atoms with E-state index in [1.165, 1.54) is 16.8 Å². The zero-order valence-corrected chi connectivity index (χ0v) is 13.1. The Morgan fingerprint density at radius 2 is 2.00 bits per heavy atom. The molecule has 0 fully saturated rings. The number of amides is 1. The van der Waals surface area contributed by atoms with Crippen molar-refractivity contribution in [2.75, 3.05) is 6.61 Å². The highest BCUT2D eigenvalue weighted by Gasteiger charge is 2.28. The van der Waals surface area contributed by atoms with Crippen LogP contribution >= 0.6 is 0 Å². The summed E-state index contributed by atoms with van der Waals surface area (Å²) in [5.74, 6) is -0.363. The molecule has 1 heterocycles. The first-order valence-corrected chi connectivity index (χ1v) is 7.53. The Bertz CT molecular complexity index is 513. The molecule has 0 aliphatic carbocycles. The Hall–Kier alpha value is -1.69. The van der Waals surface area contributed by atoms with Crippen LogP contribution in [0.5, 0.6) is 0 Å². The van der Waals surface area contributed by atoms with Crippen molar-refractivity contribution >= 4 is 5.91 Å². The number of aliphatic hydroxyl groups excluding tert-OH is 1. The van der Waals surface area contributed by atoms with Gasteiger partial charge in [0.2, 0.25) is 0 Å². The number of aryl methyl sites for hydroxylation is 1. The number of aliphatic hydroxyl groups is 1. The fraction of sp³-hybridized carbons (Fsp3) is 0.667. The van der Waals surface area contributed by atoms with Gasteiger partial charge in [0.1, 0.15) is 5.69 Å². The first-order valence-electron chi connectivity index (χ1n) is 7.53. The van der Waals surface area contributed by atoms with E-state index in [-0.39, 0.29) is 23.8 Å². The van der Waals surface area contributed by atoms with Gasteiger partial charge in [-0.3, -0.25) is 9.59 Å². The van der Waals surface area contributed by atoms with Crippen molar-refractivity contribution in [3.05, 3.63) is 28.2 Å². The molecule has 0 bridgehead atoms. The van der Waals surface area contributed by atoms with E-state index in [1.54, 1.807) is 0 Å². The maximum absolute atomic E-state index is 12.3. The number of carbonyl (C=O) groups excluding carboxylic acids is 1. The average molecular weight is 295 g/mol. The molecule has 0 saturated heterocycles. The highest BCUT2D eigenvalue weighted by Crippen LogP contribution is 2.14. The minimum Gasteiger partial charge on any atom is -0.394 e. The smallest absolute Gasteiger partial charge is 0.272 e. The maximum Gasteiger partial charge on any atom is 0.272 e. The van der Waals surface area contributed by atoms with Crippen LogP contribution in [-0.4, -0.2) is 32.9 Å². The van der Waals surface area contributed by atoms with Crippen molar-refractivity contribution in [1.82, 2.24) is 15.1 Å². The van der Waals surface area contributed by atoms with E-state index in [9.17, 15) is 14.7 Å². The summed E-state index contributed by atoms with van der Waals surface area (Å²) in [4.78, 5) is 24.0. The number of aromatic nitrogens is 2. The molecule has 0 spiro atoms. The van der Waals surface area contributed by atoms with Crippen LogP contribution in [0.3, 0.4) is 0 Å². The van der Waals surface area contributed by atoms with Gasteiger partial charge in [-0.05, 0) is 25.3 Å². The van der Waals surface area contributed by atoms with E-state index < -0.39 is 5.54 Å². The van der Waals surface area contributed by atoms with Crippen molar-refractivity contribution in [3.63, 3.8) is 0 Å². The van der Waals surface area contributed by atoms with Crippen LogP contribution in [0.15, 0.2) is 16.9 Å². The number of unbranched alkanes of at least 4 members (excludes halogenated alkanes) is 1. The van der Waals surface area contributed by atoms with E-state index in [0.717, 1.165) is 12.8 Å². The molecule has 21 heavy (non-hydrogen) atoms. The lowest BCUT2D eigenvalue weighted by atomic mass is 9.93. The summed E-state index contributed by atoms with van der Waals surface area (Å²) in [5, 5.41) is 16.4. The van der Waals surface area contributed by atoms with Crippen molar-refractivity contribution in [1.29, 1.82) is 0 Å². The van der Waals surface area contributed by atoms with Gasteiger partial charge in [0, 0.05) is 12.6 Å². The molecule has 0 aliphatic rings. The molecule has 0 unspecified atom stereocenters. The fourth-order valence-corrected chi connectivity index (χ4v) is 2.03. The predicted octanol–water partition coefficient (Wildman–Crippen LogP) is 1.32. The van der Waals surface area contributed by atoms with E-state index in [1.807, 2.05) is 20.8 Å². The first kappa shape index (κ1) is 17.4. The average Bonchev–Trinajstić information content (AvgIpc) is 2.51. The number of hydrogen-bond donors (Lipinski definition) is 2. The third-order valence-electron chi connectivity index (χ3n) is 3.86. The Morgan fingerprint density at radius 1 is 1.33 bits per heavy atom. The van der Waals surface area contributed by atoms with Crippen LogP contribution in [0, 0.1) is 0 Å². The monoisotopic (exact) mass is 295 g/mol. The lowest BCUT2D eigenvalue weighted by Crippen LogP contribution is -2.51. The van der Waals surface area contributed by atoms with Crippen molar-refractivity contribution < 1.29 is 9.90 Å². The molecule has 6 heteroatoms. The Balaban J connectivity index is 2.94. The summed E-state index contributed by atoms with van der Waals surface area (Å²) in [6.45, 7) is 6.23. The number of carbonyl (C=O) groups is 1. The largest absolute Gasteiger partial charge is 0.394 e. The van der Waals surface area contributed by atoms with Crippen molar-refractivity contribution in [3.8, 4) is 0 Å². The van der Waals surface area contributed by atoms with Crippen LogP contribution < -0.4 is 10.9 Å². The minimum absolute atomic E-state index is 0.124. The van der Waals surface area contributed by atoms with E-state index in [2.05, 4.69) is 10.4 Å². The van der Waals surface area contributed by atoms with Crippen LogP contribution in [-0.2, 0) is 6.54 Å². The van der Waals surface area contributed by atoms with E-state index in [0.29, 0.717) is 19.4 Å².